The molecule has 0 saturated carbocycles. The average molecular weight is 561 g/mol. The van der Waals surface area contributed by atoms with E-state index in [1.54, 1.807) is 7.11 Å². The van der Waals surface area contributed by atoms with Gasteiger partial charge in [0.15, 0.2) is 30.8 Å². The standard InChI is InChI=1S/C30H37FO9/c1-17-22(25-26(28(32-4)35-17)40-30(2,3)39-25)37-29-24(33-15-18-11-7-5-8-12-18)21(31)23-20(36-29)16-34-27(38-23)19-13-9-6-10-14-19/h5-14,17,20-29H,15-16H2,1-4H3/t17-,20+,21-,22-,23+,24-,25+,26+,27+,28+,29-/m0/s1. The summed E-state index contributed by atoms with van der Waals surface area (Å²) in [5, 5.41) is 0. The molecule has 0 spiro atoms. The van der Waals surface area contributed by atoms with Crippen molar-refractivity contribution in [1.82, 2.24) is 0 Å². The summed E-state index contributed by atoms with van der Waals surface area (Å²) in [7, 11) is 1.56. The highest BCUT2D eigenvalue weighted by Crippen LogP contribution is 2.42. The number of benzene rings is 2. The molecule has 0 bridgehead atoms. The first-order valence-corrected chi connectivity index (χ1v) is 13.8. The van der Waals surface area contributed by atoms with Crippen LogP contribution in [0.4, 0.5) is 4.39 Å². The summed E-state index contributed by atoms with van der Waals surface area (Å²) in [6.45, 7) is 5.82. The lowest BCUT2D eigenvalue weighted by molar-refractivity contribution is -0.377. The molecule has 2 aromatic rings. The summed E-state index contributed by atoms with van der Waals surface area (Å²) in [6.07, 6.45) is -8.83. The molecule has 0 unspecified atom stereocenters. The third-order valence-corrected chi connectivity index (χ3v) is 7.71. The minimum absolute atomic E-state index is 0.136. The van der Waals surface area contributed by atoms with Gasteiger partial charge in [0.1, 0.15) is 36.6 Å². The van der Waals surface area contributed by atoms with E-state index in [9.17, 15) is 0 Å². The van der Waals surface area contributed by atoms with Gasteiger partial charge in [0.2, 0.25) is 0 Å². The van der Waals surface area contributed by atoms with Gasteiger partial charge in [-0.1, -0.05) is 60.7 Å². The Balaban J connectivity index is 1.23. The lowest BCUT2D eigenvalue weighted by Gasteiger charge is -2.48. The monoisotopic (exact) mass is 560 g/mol. The molecule has 0 radical (unpaired) electrons. The van der Waals surface area contributed by atoms with Gasteiger partial charge in [-0.05, 0) is 26.3 Å². The van der Waals surface area contributed by atoms with E-state index in [-0.39, 0.29) is 13.2 Å². The van der Waals surface area contributed by atoms with E-state index in [0.29, 0.717) is 0 Å². The second-order valence-corrected chi connectivity index (χ2v) is 11.0. The molecule has 0 amide bonds. The molecule has 9 nitrogen and oxygen atoms in total. The maximum atomic E-state index is 16.4. The Morgan fingerprint density at radius 1 is 0.850 bits per heavy atom. The van der Waals surface area contributed by atoms with Gasteiger partial charge in [0.05, 0.1) is 19.3 Å². The van der Waals surface area contributed by atoms with Crippen LogP contribution in [0.15, 0.2) is 60.7 Å². The van der Waals surface area contributed by atoms with E-state index in [2.05, 4.69) is 0 Å². The van der Waals surface area contributed by atoms with E-state index >= 15 is 4.39 Å². The molecule has 40 heavy (non-hydrogen) atoms. The predicted molar refractivity (Wildman–Crippen MR) is 139 cm³/mol. The highest BCUT2D eigenvalue weighted by molar-refractivity contribution is 5.17. The van der Waals surface area contributed by atoms with Gasteiger partial charge in [0.25, 0.3) is 0 Å². The molecule has 0 aromatic heterocycles. The summed E-state index contributed by atoms with van der Waals surface area (Å²) in [6, 6.07) is 19.0. The van der Waals surface area contributed by atoms with Gasteiger partial charge in [0, 0.05) is 12.7 Å². The second-order valence-electron chi connectivity index (χ2n) is 11.0. The quantitative estimate of drug-likeness (QED) is 0.498. The van der Waals surface area contributed by atoms with Crippen molar-refractivity contribution in [3.63, 3.8) is 0 Å². The van der Waals surface area contributed by atoms with Crippen molar-refractivity contribution < 1.29 is 47.0 Å². The van der Waals surface area contributed by atoms with Crippen LogP contribution in [0.2, 0.25) is 0 Å². The zero-order valence-electron chi connectivity index (χ0n) is 23.1. The van der Waals surface area contributed by atoms with Crippen LogP contribution in [0.25, 0.3) is 0 Å². The molecule has 6 rings (SSSR count). The van der Waals surface area contributed by atoms with Crippen LogP contribution in [-0.4, -0.2) is 81.0 Å². The zero-order chi connectivity index (χ0) is 27.9. The van der Waals surface area contributed by atoms with Crippen LogP contribution in [0, 0.1) is 0 Å². The van der Waals surface area contributed by atoms with E-state index in [4.69, 9.17) is 42.6 Å². The van der Waals surface area contributed by atoms with Gasteiger partial charge < -0.3 is 42.6 Å². The lowest BCUT2D eigenvalue weighted by atomic mass is 9.97. The topological polar surface area (TPSA) is 83.1 Å². The molecule has 4 saturated heterocycles. The van der Waals surface area contributed by atoms with Crippen LogP contribution in [-0.2, 0) is 49.2 Å². The fourth-order valence-electron chi connectivity index (χ4n) is 5.81. The van der Waals surface area contributed by atoms with Gasteiger partial charge in [-0.2, -0.15) is 0 Å². The number of alkyl halides is 1. The largest absolute Gasteiger partial charge is 0.365 e. The third-order valence-electron chi connectivity index (χ3n) is 7.71. The van der Waals surface area contributed by atoms with Crippen molar-refractivity contribution in [2.24, 2.45) is 0 Å². The fourth-order valence-corrected chi connectivity index (χ4v) is 5.81. The van der Waals surface area contributed by atoms with Crippen molar-refractivity contribution in [1.29, 1.82) is 0 Å². The molecule has 0 aliphatic carbocycles. The number of ether oxygens (including phenoxy) is 9. The normalized spacial score (nSPS) is 40.8. The van der Waals surface area contributed by atoms with Crippen molar-refractivity contribution in [3.8, 4) is 0 Å². The summed E-state index contributed by atoms with van der Waals surface area (Å²) in [4.78, 5) is 0. The van der Waals surface area contributed by atoms with Gasteiger partial charge in [-0.15, -0.1) is 0 Å². The van der Waals surface area contributed by atoms with Crippen molar-refractivity contribution >= 4 is 0 Å². The number of fused-ring (bicyclic) bond motifs is 2. The van der Waals surface area contributed by atoms with E-state index in [1.807, 2.05) is 81.4 Å². The van der Waals surface area contributed by atoms with E-state index in [1.165, 1.54) is 0 Å². The number of halogens is 1. The highest BCUT2D eigenvalue weighted by atomic mass is 19.1. The summed E-state index contributed by atoms with van der Waals surface area (Å²) < 4.78 is 71.3. The number of methoxy groups -OCH3 is 1. The second kappa shape index (κ2) is 11.7. The minimum atomic E-state index is -1.55. The van der Waals surface area contributed by atoms with Gasteiger partial charge in [-0.25, -0.2) is 4.39 Å². The van der Waals surface area contributed by atoms with Crippen LogP contribution < -0.4 is 0 Å². The van der Waals surface area contributed by atoms with Crippen LogP contribution in [0.3, 0.4) is 0 Å². The van der Waals surface area contributed by atoms with Crippen LogP contribution >= 0.6 is 0 Å². The van der Waals surface area contributed by atoms with Crippen molar-refractivity contribution in [2.45, 2.75) is 101 Å². The number of rotatable bonds is 7. The Morgan fingerprint density at radius 2 is 1.55 bits per heavy atom. The van der Waals surface area contributed by atoms with Crippen molar-refractivity contribution in [2.75, 3.05) is 13.7 Å². The molecule has 2 aromatic carbocycles. The van der Waals surface area contributed by atoms with E-state index in [0.717, 1.165) is 11.1 Å². The number of hydrogen-bond acceptors (Lipinski definition) is 9. The SMILES string of the molecule is CO[C@@H]1O[C@@H](C)[C@H](O[C@@H]2O[C@@H]3CO[C@@H](c4ccccc4)O[C@H]3[C@H](F)[C@@H]2OCc2ccccc2)[C@H]2OC(C)(C)O[C@@H]12. The molecule has 4 aliphatic heterocycles. The summed E-state index contributed by atoms with van der Waals surface area (Å²) in [5.74, 6) is -0.872. The fraction of sp³-hybridized carbons (Fsp3) is 0.600. The first kappa shape index (κ1) is 28.1. The van der Waals surface area contributed by atoms with Crippen LogP contribution in [0.5, 0.6) is 0 Å². The smallest absolute Gasteiger partial charge is 0.187 e. The molecular weight excluding hydrogens is 523 g/mol. The minimum Gasteiger partial charge on any atom is -0.365 e. The summed E-state index contributed by atoms with van der Waals surface area (Å²) in [5.41, 5.74) is 1.71. The average Bonchev–Trinajstić information content (AvgIpc) is 3.30. The van der Waals surface area contributed by atoms with Crippen LogP contribution in [0.1, 0.15) is 38.2 Å². The Kier molecular flexibility index (Phi) is 8.24. The Bertz CT molecular complexity index is 1100. The Hall–Kier alpha value is -1.99. The summed E-state index contributed by atoms with van der Waals surface area (Å²) >= 11 is 0. The first-order valence-electron chi connectivity index (χ1n) is 13.8. The maximum Gasteiger partial charge on any atom is 0.187 e. The van der Waals surface area contributed by atoms with Gasteiger partial charge >= 0.3 is 0 Å². The predicted octanol–water partition coefficient (Wildman–Crippen LogP) is 4.05. The maximum absolute atomic E-state index is 16.4. The molecule has 11 atom stereocenters. The lowest BCUT2D eigenvalue weighted by Crippen LogP contribution is -2.64. The first-order chi connectivity index (χ1) is 19.3. The molecule has 4 heterocycles. The molecule has 4 fully saturated rings. The molecule has 218 valence electrons. The molecular formula is C30H37FO9. The van der Waals surface area contributed by atoms with E-state index < -0.39 is 73.6 Å². The highest BCUT2D eigenvalue weighted by Gasteiger charge is 2.58. The number of hydrogen-bond donors (Lipinski definition) is 0. The third kappa shape index (κ3) is 5.70. The molecule has 0 N–H and O–H groups in total. The van der Waals surface area contributed by atoms with Crippen molar-refractivity contribution in [3.05, 3.63) is 71.8 Å². The molecule has 4 aliphatic rings. The molecule has 10 heteroatoms. The zero-order valence-corrected chi connectivity index (χ0v) is 23.1. The Labute approximate surface area is 233 Å². The van der Waals surface area contributed by atoms with Gasteiger partial charge in [-0.3, -0.25) is 0 Å². The Morgan fingerprint density at radius 3 is 2.27 bits per heavy atom.